The van der Waals surface area contributed by atoms with Crippen molar-refractivity contribution in [3.05, 3.63) is 0 Å². The van der Waals surface area contributed by atoms with Gasteiger partial charge in [0, 0.05) is 6.21 Å². The highest BCUT2D eigenvalue weighted by Gasteiger charge is 2.39. The lowest BCUT2D eigenvalue weighted by Crippen LogP contribution is -2.39. The summed E-state index contributed by atoms with van der Waals surface area (Å²) in [5.74, 6) is -0.436. The fraction of sp³-hybridized carbons (Fsp3) is 0.778. The predicted octanol–water partition coefficient (Wildman–Crippen LogP) is 1.15. The zero-order valence-corrected chi connectivity index (χ0v) is 8.46. The van der Waals surface area contributed by atoms with Gasteiger partial charge in [0.2, 0.25) is 0 Å². The van der Waals surface area contributed by atoms with Gasteiger partial charge in [0.25, 0.3) is 5.72 Å². The molecule has 0 radical (unpaired) electrons. The molecule has 1 heterocycles. The molecule has 13 heavy (non-hydrogen) atoms. The SMILES string of the molecule is CC(C)(C)OC(=O)C1(C)N=CCO1. The van der Waals surface area contributed by atoms with E-state index in [4.69, 9.17) is 9.47 Å². The van der Waals surface area contributed by atoms with E-state index in [0.717, 1.165) is 0 Å². The van der Waals surface area contributed by atoms with E-state index in [1.807, 2.05) is 20.8 Å². The number of aliphatic imine (C=N–C) groups is 1. The molecule has 1 atom stereocenters. The van der Waals surface area contributed by atoms with Crippen LogP contribution in [0.1, 0.15) is 27.7 Å². The van der Waals surface area contributed by atoms with Gasteiger partial charge in [0.1, 0.15) is 5.60 Å². The lowest BCUT2D eigenvalue weighted by molar-refractivity contribution is -0.177. The quantitative estimate of drug-likeness (QED) is 0.576. The van der Waals surface area contributed by atoms with Crippen molar-refractivity contribution in [2.24, 2.45) is 4.99 Å². The molecule has 0 saturated heterocycles. The molecule has 0 aromatic carbocycles. The molecule has 0 fully saturated rings. The van der Waals surface area contributed by atoms with E-state index in [1.54, 1.807) is 13.1 Å². The summed E-state index contributed by atoms with van der Waals surface area (Å²) in [6.45, 7) is 7.41. The molecule has 4 nitrogen and oxygen atoms in total. The fourth-order valence-corrected chi connectivity index (χ4v) is 0.933. The van der Waals surface area contributed by atoms with Crippen molar-refractivity contribution in [3.8, 4) is 0 Å². The molecule has 0 saturated carbocycles. The zero-order chi connectivity index (χ0) is 10.1. The van der Waals surface area contributed by atoms with Crippen LogP contribution in [0, 0.1) is 0 Å². The maximum atomic E-state index is 11.5. The van der Waals surface area contributed by atoms with Crippen LogP contribution in [0.3, 0.4) is 0 Å². The molecule has 0 aromatic rings. The molecule has 74 valence electrons. The highest BCUT2D eigenvalue weighted by molar-refractivity contribution is 5.83. The Morgan fingerprint density at radius 3 is 2.62 bits per heavy atom. The summed E-state index contributed by atoms with van der Waals surface area (Å²) in [4.78, 5) is 15.5. The van der Waals surface area contributed by atoms with E-state index in [-0.39, 0.29) is 0 Å². The molecule has 1 unspecified atom stereocenters. The second-order valence-corrected chi connectivity index (χ2v) is 4.11. The second-order valence-electron chi connectivity index (χ2n) is 4.11. The van der Waals surface area contributed by atoms with Gasteiger partial charge in [-0.2, -0.15) is 0 Å². The van der Waals surface area contributed by atoms with Crippen molar-refractivity contribution >= 4 is 12.2 Å². The summed E-state index contributed by atoms with van der Waals surface area (Å²) in [6.07, 6.45) is 1.57. The molecule has 0 aliphatic carbocycles. The van der Waals surface area contributed by atoms with Crippen molar-refractivity contribution < 1.29 is 14.3 Å². The minimum absolute atomic E-state index is 0.371. The van der Waals surface area contributed by atoms with Crippen molar-refractivity contribution in [3.63, 3.8) is 0 Å². The number of esters is 1. The Labute approximate surface area is 77.9 Å². The van der Waals surface area contributed by atoms with Gasteiger partial charge in [-0.25, -0.2) is 4.79 Å². The van der Waals surface area contributed by atoms with Gasteiger partial charge in [-0.1, -0.05) is 0 Å². The molecular weight excluding hydrogens is 170 g/mol. The van der Waals surface area contributed by atoms with Crippen molar-refractivity contribution in [2.45, 2.75) is 39.0 Å². The van der Waals surface area contributed by atoms with Gasteiger partial charge in [0.05, 0.1) is 6.61 Å². The molecule has 1 rings (SSSR count). The molecule has 0 bridgehead atoms. The number of carbonyl (C=O) groups is 1. The molecule has 0 aromatic heterocycles. The van der Waals surface area contributed by atoms with Crippen LogP contribution in [0.25, 0.3) is 0 Å². The summed E-state index contributed by atoms with van der Waals surface area (Å²) in [6, 6.07) is 0. The third-order valence-corrected chi connectivity index (χ3v) is 1.55. The standard InChI is InChI=1S/C9H15NO3/c1-8(2,3)13-7(11)9(4)10-5-6-12-9/h5H,6H2,1-4H3. The smallest absolute Gasteiger partial charge is 0.361 e. The minimum atomic E-state index is -1.13. The van der Waals surface area contributed by atoms with E-state index in [2.05, 4.69) is 4.99 Å². The Morgan fingerprint density at radius 2 is 2.23 bits per heavy atom. The van der Waals surface area contributed by atoms with E-state index in [9.17, 15) is 4.79 Å². The highest BCUT2D eigenvalue weighted by atomic mass is 16.6. The Hall–Kier alpha value is -0.900. The minimum Gasteiger partial charge on any atom is -0.456 e. The summed E-state index contributed by atoms with van der Waals surface area (Å²) in [7, 11) is 0. The summed E-state index contributed by atoms with van der Waals surface area (Å²) in [5.41, 5.74) is -1.63. The van der Waals surface area contributed by atoms with Crippen LogP contribution in [0.5, 0.6) is 0 Å². The van der Waals surface area contributed by atoms with E-state index in [0.29, 0.717) is 6.61 Å². The molecule has 4 heteroatoms. The number of nitrogens with zero attached hydrogens (tertiary/aromatic N) is 1. The molecule has 1 aliphatic heterocycles. The third kappa shape index (κ3) is 2.52. The summed E-state index contributed by atoms with van der Waals surface area (Å²) >= 11 is 0. The Balaban J connectivity index is 2.63. The Morgan fingerprint density at radius 1 is 1.62 bits per heavy atom. The maximum absolute atomic E-state index is 11.5. The Kier molecular flexibility index (Phi) is 2.43. The van der Waals surface area contributed by atoms with Crippen LogP contribution in [0.15, 0.2) is 4.99 Å². The molecule has 0 spiro atoms. The maximum Gasteiger partial charge on any atom is 0.361 e. The summed E-state index contributed by atoms with van der Waals surface area (Å²) in [5, 5.41) is 0. The molecule has 0 amide bonds. The van der Waals surface area contributed by atoms with Crippen LogP contribution in [0.4, 0.5) is 0 Å². The van der Waals surface area contributed by atoms with Crippen LogP contribution >= 0.6 is 0 Å². The molecule has 1 aliphatic rings. The number of ether oxygens (including phenoxy) is 2. The van der Waals surface area contributed by atoms with Gasteiger partial charge in [-0.05, 0) is 27.7 Å². The molecular formula is C9H15NO3. The number of carbonyl (C=O) groups excluding carboxylic acids is 1. The normalized spacial score (nSPS) is 27.7. The third-order valence-electron chi connectivity index (χ3n) is 1.55. The zero-order valence-electron chi connectivity index (χ0n) is 8.46. The Bertz CT molecular complexity index is 242. The van der Waals surface area contributed by atoms with Crippen LogP contribution < -0.4 is 0 Å². The number of hydrogen-bond acceptors (Lipinski definition) is 4. The van der Waals surface area contributed by atoms with Crippen molar-refractivity contribution in [2.75, 3.05) is 6.61 Å². The van der Waals surface area contributed by atoms with Gasteiger partial charge in [-0.15, -0.1) is 0 Å². The first-order valence-corrected chi connectivity index (χ1v) is 4.25. The first kappa shape index (κ1) is 10.2. The van der Waals surface area contributed by atoms with Gasteiger partial charge >= 0.3 is 5.97 Å². The lowest BCUT2D eigenvalue weighted by Gasteiger charge is -2.25. The van der Waals surface area contributed by atoms with Crippen molar-refractivity contribution in [1.29, 1.82) is 0 Å². The average Bonchev–Trinajstić information content (AvgIpc) is 2.33. The van der Waals surface area contributed by atoms with Gasteiger partial charge in [0.15, 0.2) is 0 Å². The first-order chi connectivity index (χ1) is 5.83. The first-order valence-electron chi connectivity index (χ1n) is 4.25. The van der Waals surface area contributed by atoms with Crippen molar-refractivity contribution in [1.82, 2.24) is 0 Å². The van der Waals surface area contributed by atoms with Crippen LogP contribution in [-0.2, 0) is 14.3 Å². The number of rotatable bonds is 1. The average molecular weight is 185 g/mol. The van der Waals surface area contributed by atoms with E-state index in [1.165, 1.54) is 0 Å². The monoisotopic (exact) mass is 185 g/mol. The largest absolute Gasteiger partial charge is 0.456 e. The summed E-state index contributed by atoms with van der Waals surface area (Å²) < 4.78 is 10.3. The fourth-order valence-electron chi connectivity index (χ4n) is 0.933. The van der Waals surface area contributed by atoms with Gasteiger partial charge in [-0.3, -0.25) is 4.99 Å². The predicted molar refractivity (Wildman–Crippen MR) is 48.7 cm³/mol. The lowest BCUT2D eigenvalue weighted by atomic mass is 10.2. The topological polar surface area (TPSA) is 47.9 Å². The van der Waals surface area contributed by atoms with E-state index < -0.39 is 17.3 Å². The van der Waals surface area contributed by atoms with Gasteiger partial charge < -0.3 is 9.47 Å². The van der Waals surface area contributed by atoms with E-state index >= 15 is 0 Å². The molecule has 0 N–H and O–H groups in total. The highest BCUT2D eigenvalue weighted by Crippen LogP contribution is 2.21. The van der Waals surface area contributed by atoms with Crippen LogP contribution in [-0.4, -0.2) is 30.1 Å². The number of hydrogen-bond donors (Lipinski definition) is 0. The van der Waals surface area contributed by atoms with Crippen LogP contribution in [0.2, 0.25) is 0 Å². The second kappa shape index (κ2) is 3.10.